The van der Waals surface area contributed by atoms with Gasteiger partial charge in [-0.25, -0.2) is 0 Å². The van der Waals surface area contributed by atoms with E-state index in [9.17, 15) is 0 Å². The highest BCUT2D eigenvalue weighted by atomic mass is 16.5. The van der Waals surface area contributed by atoms with Gasteiger partial charge in [0.15, 0.2) is 0 Å². The van der Waals surface area contributed by atoms with Crippen molar-refractivity contribution in [2.45, 2.75) is 20.4 Å². The van der Waals surface area contributed by atoms with E-state index in [1.165, 1.54) is 16.3 Å². The van der Waals surface area contributed by atoms with Gasteiger partial charge in [-0.1, -0.05) is 44.2 Å². The normalized spacial score (nSPS) is 11.1. The summed E-state index contributed by atoms with van der Waals surface area (Å²) in [6, 6.07) is 12.7. The van der Waals surface area contributed by atoms with Crippen molar-refractivity contribution in [3.8, 4) is 5.75 Å². The fourth-order valence-corrected chi connectivity index (χ4v) is 2.07. The van der Waals surface area contributed by atoms with Gasteiger partial charge in [-0.15, -0.1) is 0 Å². The zero-order chi connectivity index (χ0) is 13.0. The van der Waals surface area contributed by atoms with E-state index < -0.39 is 0 Å². The van der Waals surface area contributed by atoms with Crippen molar-refractivity contribution in [1.29, 1.82) is 0 Å². The average molecular weight is 243 g/mol. The zero-order valence-electron chi connectivity index (χ0n) is 11.4. The summed E-state index contributed by atoms with van der Waals surface area (Å²) in [4.78, 5) is 0. The first-order valence-electron chi connectivity index (χ1n) is 6.50. The largest absolute Gasteiger partial charge is 0.493 e. The third-order valence-corrected chi connectivity index (χ3v) is 2.92. The van der Waals surface area contributed by atoms with Crippen LogP contribution in [0.5, 0.6) is 5.75 Å². The first kappa shape index (κ1) is 12.9. The summed E-state index contributed by atoms with van der Waals surface area (Å²) in [5, 5.41) is 5.76. The Kier molecular flexibility index (Phi) is 4.21. The molecular formula is C16H21NO. The van der Waals surface area contributed by atoms with E-state index in [4.69, 9.17) is 4.74 Å². The van der Waals surface area contributed by atoms with Crippen LogP contribution in [0.3, 0.4) is 0 Å². The minimum absolute atomic E-state index is 0.541. The molecule has 0 spiro atoms. The third-order valence-electron chi connectivity index (χ3n) is 2.92. The molecule has 18 heavy (non-hydrogen) atoms. The summed E-state index contributed by atoms with van der Waals surface area (Å²) in [7, 11) is 1.97. The molecular weight excluding hydrogens is 222 g/mol. The van der Waals surface area contributed by atoms with Gasteiger partial charge in [0.2, 0.25) is 0 Å². The lowest BCUT2D eigenvalue weighted by atomic mass is 10.0. The molecule has 2 nitrogen and oxygen atoms in total. The maximum atomic E-state index is 5.92. The Bertz CT molecular complexity index is 519. The average Bonchev–Trinajstić information content (AvgIpc) is 2.38. The van der Waals surface area contributed by atoms with Gasteiger partial charge in [-0.05, 0) is 29.8 Å². The van der Waals surface area contributed by atoms with Crippen LogP contribution in [0.15, 0.2) is 36.4 Å². The van der Waals surface area contributed by atoms with Gasteiger partial charge in [-0.2, -0.15) is 0 Å². The van der Waals surface area contributed by atoms with E-state index in [1.807, 2.05) is 7.05 Å². The molecule has 0 amide bonds. The lowest BCUT2D eigenvalue weighted by Gasteiger charge is -2.15. The van der Waals surface area contributed by atoms with Crippen LogP contribution < -0.4 is 10.1 Å². The molecule has 1 N–H and O–H groups in total. The number of hydrogen-bond donors (Lipinski definition) is 1. The standard InChI is InChI=1S/C16H21NO/c1-12(2)11-18-16-9-8-13-6-4-5-7-14(13)15(16)10-17-3/h4-9,12,17H,10-11H2,1-3H3. The Balaban J connectivity index is 2.41. The highest BCUT2D eigenvalue weighted by Gasteiger charge is 2.08. The lowest BCUT2D eigenvalue weighted by Crippen LogP contribution is -2.10. The topological polar surface area (TPSA) is 21.3 Å². The molecule has 0 aliphatic carbocycles. The van der Waals surface area contributed by atoms with Gasteiger partial charge >= 0.3 is 0 Å². The maximum Gasteiger partial charge on any atom is 0.124 e. The molecule has 0 atom stereocenters. The Morgan fingerprint density at radius 1 is 1.11 bits per heavy atom. The van der Waals surface area contributed by atoms with Crippen LogP contribution in [-0.2, 0) is 6.54 Å². The molecule has 0 aromatic heterocycles. The first-order valence-corrected chi connectivity index (χ1v) is 6.50. The smallest absolute Gasteiger partial charge is 0.124 e. The Labute approximate surface area is 109 Å². The summed E-state index contributed by atoms with van der Waals surface area (Å²) in [5.41, 5.74) is 1.25. The summed E-state index contributed by atoms with van der Waals surface area (Å²) >= 11 is 0. The number of rotatable bonds is 5. The van der Waals surface area contributed by atoms with E-state index in [1.54, 1.807) is 0 Å². The van der Waals surface area contributed by atoms with Crippen LogP contribution in [0, 0.1) is 5.92 Å². The first-order chi connectivity index (χ1) is 8.72. The number of fused-ring (bicyclic) bond motifs is 1. The van der Waals surface area contributed by atoms with Crippen molar-refractivity contribution in [2.24, 2.45) is 5.92 Å². The fraction of sp³-hybridized carbons (Fsp3) is 0.375. The van der Waals surface area contributed by atoms with E-state index in [2.05, 4.69) is 55.6 Å². The molecule has 0 radical (unpaired) electrons. The van der Waals surface area contributed by atoms with Crippen molar-refractivity contribution in [3.05, 3.63) is 42.0 Å². The fourth-order valence-electron chi connectivity index (χ4n) is 2.07. The predicted octanol–water partition coefficient (Wildman–Crippen LogP) is 3.59. The van der Waals surface area contributed by atoms with Crippen molar-refractivity contribution in [3.63, 3.8) is 0 Å². The van der Waals surface area contributed by atoms with Gasteiger partial charge in [-0.3, -0.25) is 0 Å². The second-order valence-electron chi connectivity index (χ2n) is 5.00. The Hall–Kier alpha value is -1.54. The molecule has 0 bridgehead atoms. The van der Waals surface area contributed by atoms with Crippen LogP contribution >= 0.6 is 0 Å². The van der Waals surface area contributed by atoms with Gasteiger partial charge in [0.1, 0.15) is 5.75 Å². The van der Waals surface area contributed by atoms with E-state index >= 15 is 0 Å². The highest BCUT2D eigenvalue weighted by molar-refractivity contribution is 5.87. The summed E-state index contributed by atoms with van der Waals surface area (Å²) in [6.45, 7) is 5.92. The monoisotopic (exact) mass is 243 g/mol. The summed E-state index contributed by atoms with van der Waals surface area (Å²) in [6.07, 6.45) is 0. The Morgan fingerprint density at radius 2 is 1.89 bits per heavy atom. The molecule has 0 heterocycles. The second-order valence-corrected chi connectivity index (χ2v) is 5.00. The maximum absolute atomic E-state index is 5.92. The lowest BCUT2D eigenvalue weighted by molar-refractivity contribution is 0.268. The number of hydrogen-bond acceptors (Lipinski definition) is 2. The molecule has 2 aromatic rings. The molecule has 0 saturated heterocycles. The van der Waals surface area contributed by atoms with Crippen molar-refractivity contribution in [2.75, 3.05) is 13.7 Å². The van der Waals surface area contributed by atoms with Gasteiger partial charge in [0, 0.05) is 12.1 Å². The van der Waals surface area contributed by atoms with Gasteiger partial charge in [0.05, 0.1) is 6.61 Å². The van der Waals surface area contributed by atoms with Gasteiger partial charge in [0.25, 0.3) is 0 Å². The summed E-state index contributed by atoms with van der Waals surface area (Å²) < 4.78 is 5.92. The molecule has 0 fully saturated rings. The van der Waals surface area contributed by atoms with Crippen LogP contribution in [-0.4, -0.2) is 13.7 Å². The molecule has 2 rings (SSSR count). The van der Waals surface area contributed by atoms with Crippen LogP contribution in [0.4, 0.5) is 0 Å². The molecule has 2 aromatic carbocycles. The second kappa shape index (κ2) is 5.87. The quantitative estimate of drug-likeness (QED) is 0.866. The van der Waals surface area contributed by atoms with E-state index in [0.717, 1.165) is 18.9 Å². The number of ether oxygens (including phenoxy) is 1. The van der Waals surface area contributed by atoms with E-state index in [0.29, 0.717) is 5.92 Å². The van der Waals surface area contributed by atoms with Crippen molar-refractivity contribution >= 4 is 10.8 Å². The van der Waals surface area contributed by atoms with Gasteiger partial charge < -0.3 is 10.1 Å². The minimum Gasteiger partial charge on any atom is -0.493 e. The predicted molar refractivity (Wildman–Crippen MR) is 77.0 cm³/mol. The molecule has 0 aliphatic heterocycles. The Morgan fingerprint density at radius 3 is 2.61 bits per heavy atom. The SMILES string of the molecule is CNCc1c(OCC(C)C)ccc2ccccc12. The van der Waals surface area contributed by atoms with Crippen molar-refractivity contribution in [1.82, 2.24) is 5.32 Å². The molecule has 0 aliphatic rings. The number of benzene rings is 2. The highest BCUT2D eigenvalue weighted by Crippen LogP contribution is 2.28. The molecule has 96 valence electrons. The third kappa shape index (κ3) is 2.82. The van der Waals surface area contributed by atoms with Crippen LogP contribution in [0.25, 0.3) is 10.8 Å². The van der Waals surface area contributed by atoms with Crippen LogP contribution in [0.2, 0.25) is 0 Å². The molecule has 2 heteroatoms. The molecule has 0 saturated carbocycles. The van der Waals surface area contributed by atoms with Crippen LogP contribution in [0.1, 0.15) is 19.4 Å². The minimum atomic E-state index is 0.541. The molecule has 0 unspecified atom stereocenters. The van der Waals surface area contributed by atoms with Crippen molar-refractivity contribution < 1.29 is 4.74 Å². The zero-order valence-corrected chi connectivity index (χ0v) is 11.4. The summed E-state index contributed by atoms with van der Waals surface area (Å²) in [5.74, 6) is 1.54. The number of nitrogens with one attached hydrogen (secondary N) is 1. The van der Waals surface area contributed by atoms with E-state index in [-0.39, 0.29) is 0 Å².